The lowest BCUT2D eigenvalue weighted by atomic mass is 10.2. The minimum absolute atomic E-state index is 0.0157. The molecule has 0 aliphatic carbocycles. The van der Waals surface area contributed by atoms with Crippen LogP contribution in [-0.2, 0) is 10.0 Å². The average Bonchev–Trinajstić information content (AvgIpc) is 2.91. The van der Waals surface area contributed by atoms with Crippen LogP contribution in [0.25, 0.3) is 10.2 Å². The number of nitro benzene ring substituents is 1. The van der Waals surface area contributed by atoms with E-state index in [4.69, 9.17) is 0 Å². The van der Waals surface area contributed by atoms with Gasteiger partial charge in [0.15, 0.2) is 0 Å². The first-order chi connectivity index (χ1) is 12.6. The summed E-state index contributed by atoms with van der Waals surface area (Å²) in [6, 6.07) is 8.61. The topological polar surface area (TPSA) is 111 Å². The zero-order valence-corrected chi connectivity index (χ0v) is 16.4. The predicted molar refractivity (Wildman–Crippen MR) is 105 cm³/mol. The first-order valence-electron chi connectivity index (χ1n) is 8.03. The van der Waals surface area contributed by atoms with Crippen molar-refractivity contribution in [3.8, 4) is 0 Å². The van der Waals surface area contributed by atoms with Crippen molar-refractivity contribution in [3.63, 3.8) is 0 Å². The number of fused-ring (bicyclic) bond motifs is 1. The molecule has 10 heteroatoms. The van der Waals surface area contributed by atoms with E-state index in [0.717, 1.165) is 11.3 Å². The molecule has 0 aliphatic heterocycles. The van der Waals surface area contributed by atoms with Gasteiger partial charge in [0.1, 0.15) is 0 Å². The number of rotatable bonds is 5. The van der Waals surface area contributed by atoms with Gasteiger partial charge in [0.05, 0.1) is 31.3 Å². The number of hydrogen-bond donors (Lipinski definition) is 1. The average molecular weight is 407 g/mol. The summed E-state index contributed by atoms with van der Waals surface area (Å²) in [4.78, 5) is 22.4. The van der Waals surface area contributed by atoms with Crippen LogP contribution in [0.2, 0.25) is 0 Å². The first kappa shape index (κ1) is 19.1. The van der Waals surface area contributed by atoms with Crippen molar-refractivity contribution in [1.82, 2.24) is 4.57 Å². The van der Waals surface area contributed by atoms with E-state index in [9.17, 15) is 23.3 Å². The maximum absolute atomic E-state index is 12.7. The zero-order valence-electron chi connectivity index (χ0n) is 14.8. The van der Waals surface area contributed by atoms with Crippen LogP contribution in [0.4, 0.5) is 11.4 Å². The lowest BCUT2D eigenvalue weighted by Gasteiger charge is -2.11. The van der Waals surface area contributed by atoms with Gasteiger partial charge in [-0.3, -0.25) is 24.2 Å². The summed E-state index contributed by atoms with van der Waals surface area (Å²) in [5.74, 6) is 0. The Morgan fingerprint density at radius 3 is 2.56 bits per heavy atom. The van der Waals surface area contributed by atoms with Gasteiger partial charge in [-0.05, 0) is 45.0 Å². The second-order valence-corrected chi connectivity index (χ2v) is 8.95. The molecule has 2 aromatic carbocycles. The van der Waals surface area contributed by atoms with Crippen molar-refractivity contribution in [2.75, 3.05) is 4.72 Å². The Labute approximate surface area is 159 Å². The Balaban J connectivity index is 2.05. The largest absolute Gasteiger partial charge is 0.308 e. The lowest BCUT2D eigenvalue weighted by molar-refractivity contribution is -0.385. The Bertz CT molecular complexity index is 1210. The van der Waals surface area contributed by atoms with Gasteiger partial charge in [0.25, 0.3) is 15.7 Å². The van der Waals surface area contributed by atoms with Crippen molar-refractivity contribution < 1.29 is 13.3 Å². The molecule has 0 atom stereocenters. The van der Waals surface area contributed by atoms with Crippen LogP contribution in [-0.4, -0.2) is 17.9 Å². The summed E-state index contributed by atoms with van der Waals surface area (Å²) in [5.41, 5.74) is 0.864. The van der Waals surface area contributed by atoms with E-state index in [0.29, 0.717) is 10.2 Å². The van der Waals surface area contributed by atoms with E-state index in [-0.39, 0.29) is 32.7 Å². The summed E-state index contributed by atoms with van der Waals surface area (Å²) >= 11 is 0.979. The summed E-state index contributed by atoms with van der Waals surface area (Å²) in [6.45, 7) is 5.24. The molecular formula is C17H17N3O5S2. The molecule has 1 N–H and O–H groups in total. The molecule has 1 heterocycles. The fourth-order valence-corrected chi connectivity index (χ4v) is 5.08. The number of nitrogens with one attached hydrogen (secondary N) is 1. The number of aromatic nitrogens is 1. The van der Waals surface area contributed by atoms with Crippen molar-refractivity contribution in [2.24, 2.45) is 0 Å². The predicted octanol–water partition coefficient (Wildman–Crippen LogP) is 3.66. The Hall–Kier alpha value is -2.72. The molecule has 8 nitrogen and oxygen atoms in total. The van der Waals surface area contributed by atoms with Crippen LogP contribution in [0.15, 0.2) is 46.1 Å². The van der Waals surface area contributed by atoms with Crippen LogP contribution in [0.5, 0.6) is 0 Å². The lowest BCUT2D eigenvalue weighted by Crippen LogP contribution is -2.15. The Kier molecular flexibility index (Phi) is 4.79. The van der Waals surface area contributed by atoms with Crippen LogP contribution in [0.1, 0.15) is 25.5 Å². The van der Waals surface area contributed by atoms with E-state index in [2.05, 4.69) is 4.72 Å². The van der Waals surface area contributed by atoms with Crippen LogP contribution in [0.3, 0.4) is 0 Å². The van der Waals surface area contributed by atoms with Gasteiger partial charge in [-0.1, -0.05) is 17.4 Å². The van der Waals surface area contributed by atoms with E-state index in [1.54, 1.807) is 10.6 Å². The van der Waals surface area contributed by atoms with Gasteiger partial charge in [0.2, 0.25) is 0 Å². The second-order valence-electron chi connectivity index (χ2n) is 6.27. The summed E-state index contributed by atoms with van der Waals surface area (Å²) in [7, 11) is -3.97. The monoisotopic (exact) mass is 407 g/mol. The molecule has 0 radical (unpaired) electrons. The van der Waals surface area contributed by atoms with Crippen molar-refractivity contribution in [1.29, 1.82) is 0 Å². The second kappa shape index (κ2) is 6.78. The van der Waals surface area contributed by atoms with Gasteiger partial charge in [-0.15, -0.1) is 0 Å². The smallest absolute Gasteiger partial charge is 0.296 e. The summed E-state index contributed by atoms with van der Waals surface area (Å²) < 4.78 is 30.0. The molecule has 3 rings (SSSR count). The maximum atomic E-state index is 12.7. The van der Waals surface area contributed by atoms with Gasteiger partial charge in [-0.25, -0.2) is 8.42 Å². The number of nitrogens with zero attached hydrogens (tertiary/aromatic N) is 2. The van der Waals surface area contributed by atoms with Crippen molar-refractivity contribution in [2.45, 2.75) is 31.7 Å². The third kappa shape index (κ3) is 3.45. The number of nitro groups is 1. The molecule has 0 spiro atoms. The standard InChI is InChI=1S/C17H17N3O5S2/c1-10(2)19-15-8-7-12(9-16(15)26-17(19)21)27(24,25)18-13-5-4-6-14(11(13)3)20(22)23/h4-10,18H,1-3H3. The van der Waals surface area contributed by atoms with Gasteiger partial charge in [0, 0.05) is 12.1 Å². The first-order valence-corrected chi connectivity index (χ1v) is 10.3. The number of anilines is 1. The van der Waals surface area contributed by atoms with Gasteiger partial charge >= 0.3 is 4.87 Å². The quantitative estimate of drug-likeness (QED) is 0.512. The molecule has 3 aromatic rings. The number of sulfonamides is 1. The van der Waals surface area contributed by atoms with Gasteiger partial charge in [-0.2, -0.15) is 0 Å². The highest BCUT2D eigenvalue weighted by molar-refractivity contribution is 7.92. The Morgan fingerprint density at radius 2 is 1.93 bits per heavy atom. The Morgan fingerprint density at radius 1 is 1.22 bits per heavy atom. The highest BCUT2D eigenvalue weighted by atomic mass is 32.2. The summed E-state index contributed by atoms with van der Waals surface area (Å²) in [6.07, 6.45) is 0. The molecule has 0 saturated carbocycles. The molecule has 0 aliphatic rings. The van der Waals surface area contributed by atoms with Gasteiger partial charge < -0.3 is 0 Å². The van der Waals surface area contributed by atoms with Crippen LogP contribution >= 0.6 is 11.3 Å². The highest BCUT2D eigenvalue weighted by Crippen LogP contribution is 2.29. The minimum atomic E-state index is -3.97. The number of benzene rings is 2. The van der Waals surface area contributed by atoms with E-state index in [1.807, 2.05) is 13.8 Å². The third-order valence-corrected chi connectivity index (χ3v) is 6.44. The maximum Gasteiger partial charge on any atom is 0.308 e. The normalized spacial score (nSPS) is 11.9. The number of hydrogen-bond acceptors (Lipinski definition) is 6. The molecule has 1 aromatic heterocycles. The molecule has 142 valence electrons. The third-order valence-electron chi connectivity index (χ3n) is 4.16. The molecule has 0 fully saturated rings. The van der Waals surface area contributed by atoms with E-state index in [1.165, 1.54) is 37.3 Å². The highest BCUT2D eigenvalue weighted by Gasteiger charge is 2.21. The molecular weight excluding hydrogens is 390 g/mol. The molecule has 0 unspecified atom stereocenters. The fourth-order valence-electron chi connectivity index (χ4n) is 2.81. The minimum Gasteiger partial charge on any atom is -0.296 e. The fraction of sp³-hybridized carbons (Fsp3) is 0.235. The summed E-state index contributed by atoms with van der Waals surface area (Å²) in [5, 5.41) is 11.0. The van der Waals surface area contributed by atoms with Crippen molar-refractivity contribution in [3.05, 3.63) is 61.7 Å². The van der Waals surface area contributed by atoms with Crippen LogP contribution in [0, 0.1) is 17.0 Å². The zero-order chi connectivity index (χ0) is 19.9. The molecule has 0 saturated heterocycles. The molecule has 0 bridgehead atoms. The molecule has 27 heavy (non-hydrogen) atoms. The van der Waals surface area contributed by atoms with Crippen molar-refractivity contribution >= 4 is 43.0 Å². The van der Waals surface area contributed by atoms with Crippen LogP contribution < -0.4 is 9.60 Å². The number of thiazole rings is 1. The SMILES string of the molecule is Cc1c(NS(=O)(=O)c2ccc3c(c2)sc(=O)n3C(C)C)cccc1[N+](=O)[O-]. The molecule has 0 amide bonds. The van der Waals surface area contributed by atoms with E-state index >= 15 is 0 Å². The van der Waals surface area contributed by atoms with E-state index < -0.39 is 14.9 Å².